The van der Waals surface area contributed by atoms with Gasteiger partial charge in [0, 0.05) is 31.7 Å². The van der Waals surface area contributed by atoms with Gasteiger partial charge in [-0.05, 0) is 47.2 Å². The summed E-state index contributed by atoms with van der Waals surface area (Å²) in [7, 11) is 2.20. The lowest BCUT2D eigenvalue weighted by Crippen LogP contribution is -2.56. The third-order valence-corrected chi connectivity index (χ3v) is 4.38. The fraction of sp³-hybridized carbons (Fsp3) is 0.933. The smallest absolute Gasteiger partial charge is 0.105 e. The summed E-state index contributed by atoms with van der Waals surface area (Å²) in [6, 6.07) is 3.63. The zero-order valence-corrected chi connectivity index (χ0v) is 13.2. The molecule has 0 aromatic heterocycles. The van der Waals surface area contributed by atoms with Crippen LogP contribution in [-0.4, -0.2) is 60.6 Å². The second kappa shape index (κ2) is 7.23. The van der Waals surface area contributed by atoms with E-state index >= 15 is 0 Å². The van der Waals surface area contributed by atoms with Crippen molar-refractivity contribution in [2.24, 2.45) is 0 Å². The van der Waals surface area contributed by atoms with Crippen LogP contribution in [0.3, 0.4) is 0 Å². The van der Waals surface area contributed by atoms with Crippen LogP contribution >= 0.6 is 0 Å². The Morgan fingerprint density at radius 1 is 1.32 bits per heavy atom. The molecular weight excluding hydrogens is 236 g/mol. The van der Waals surface area contributed by atoms with Crippen molar-refractivity contribution in [1.82, 2.24) is 15.1 Å². The lowest BCUT2D eigenvalue weighted by molar-refractivity contribution is 0.0564. The van der Waals surface area contributed by atoms with Crippen LogP contribution in [0.1, 0.15) is 40.5 Å². The number of piperazine rings is 1. The molecule has 0 bridgehead atoms. The average Bonchev–Trinajstić information content (AvgIpc) is 2.40. The molecule has 110 valence electrons. The molecule has 1 rings (SSSR count). The maximum atomic E-state index is 9.35. The number of nitrogens with zero attached hydrogens (tertiary/aromatic N) is 3. The number of rotatable bonds is 6. The first-order valence-electron chi connectivity index (χ1n) is 7.52. The van der Waals surface area contributed by atoms with Crippen LogP contribution in [0, 0.1) is 11.3 Å². The van der Waals surface area contributed by atoms with Gasteiger partial charge in [-0.1, -0.05) is 6.92 Å². The highest BCUT2D eigenvalue weighted by Gasteiger charge is 2.29. The van der Waals surface area contributed by atoms with Crippen LogP contribution in [0.15, 0.2) is 0 Å². The largest absolute Gasteiger partial charge is 0.300 e. The molecule has 1 aliphatic heterocycles. The molecule has 19 heavy (non-hydrogen) atoms. The van der Waals surface area contributed by atoms with Gasteiger partial charge in [-0.2, -0.15) is 5.26 Å². The number of hydrogen-bond acceptors (Lipinski definition) is 4. The van der Waals surface area contributed by atoms with Crippen molar-refractivity contribution in [3.63, 3.8) is 0 Å². The third-order valence-electron chi connectivity index (χ3n) is 4.38. The topological polar surface area (TPSA) is 42.3 Å². The van der Waals surface area contributed by atoms with Gasteiger partial charge < -0.3 is 4.90 Å². The highest BCUT2D eigenvalue weighted by Crippen LogP contribution is 2.16. The highest BCUT2D eigenvalue weighted by atomic mass is 15.3. The first-order valence-corrected chi connectivity index (χ1v) is 7.52. The minimum Gasteiger partial charge on any atom is -0.300 e. The zero-order valence-electron chi connectivity index (χ0n) is 13.2. The number of nitriles is 1. The van der Waals surface area contributed by atoms with Gasteiger partial charge in [0.05, 0.1) is 6.07 Å². The van der Waals surface area contributed by atoms with Gasteiger partial charge in [0.25, 0.3) is 0 Å². The highest BCUT2D eigenvalue weighted by molar-refractivity contribution is 5.04. The molecule has 1 fully saturated rings. The Labute approximate surface area is 118 Å². The van der Waals surface area contributed by atoms with Crippen molar-refractivity contribution >= 4 is 0 Å². The minimum absolute atomic E-state index is 0.383. The maximum Gasteiger partial charge on any atom is 0.105 e. The fourth-order valence-electron chi connectivity index (χ4n) is 2.66. The van der Waals surface area contributed by atoms with Crippen LogP contribution in [0.25, 0.3) is 0 Å². The van der Waals surface area contributed by atoms with E-state index in [1.807, 2.05) is 6.92 Å². The quantitative estimate of drug-likeness (QED) is 0.794. The molecule has 3 unspecified atom stereocenters. The molecule has 1 heterocycles. The Balaban J connectivity index is 2.45. The van der Waals surface area contributed by atoms with Crippen molar-refractivity contribution in [1.29, 1.82) is 5.26 Å². The van der Waals surface area contributed by atoms with E-state index in [4.69, 9.17) is 0 Å². The van der Waals surface area contributed by atoms with Gasteiger partial charge in [0.2, 0.25) is 0 Å². The molecule has 0 aromatic rings. The number of hydrogen-bond donors (Lipinski definition) is 1. The molecule has 0 spiro atoms. The first-order chi connectivity index (χ1) is 8.91. The maximum absolute atomic E-state index is 9.35. The summed E-state index contributed by atoms with van der Waals surface area (Å²) in [5, 5.41) is 12.7. The fourth-order valence-corrected chi connectivity index (χ4v) is 2.66. The standard InChI is InChI=1S/C15H30N4/c1-6-8-17-15(4,12-16)7-9-19-10-13(2)18(5)14(3)11-19/h13-14,17H,6-11H2,1-5H3. The molecule has 4 nitrogen and oxygen atoms in total. The van der Waals surface area contributed by atoms with Gasteiger partial charge in [0.15, 0.2) is 0 Å². The predicted octanol–water partition coefficient (Wildman–Crippen LogP) is 1.68. The van der Waals surface area contributed by atoms with Crippen LogP contribution in [-0.2, 0) is 0 Å². The Bertz CT molecular complexity index is 300. The van der Waals surface area contributed by atoms with Crippen molar-refractivity contribution < 1.29 is 0 Å². The molecule has 0 aromatic carbocycles. The van der Waals surface area contributed by atoms with Crippen molar-refractivity contribution in [3.05, 3.63) is 0 Å². The molecule has 0 aliphatic carbocycles. The second-order valence-electron chi connectivity index (χ2n) is 6.24. The van der Waals surface area contributed by atoms with Crippen LogP contribution in [0.2, 0.25) is 0 Å². The SMILES string of the molecule is CCCNC(C)(C#N)CCN1CC(C)N(C)C(C)C1. The molecule has 0 saturated carbocycles. The summed E-state index contributed by atoms with van der Waals surface area (Å²) in [5.41, 5.74) is -0.383. The summed E-state index contributed by atoms with van der Waals surface area (Å²) >= 11 is 0. The monoisotopic (exact) mass is 266 g/mol. The molecule has 1 aliphatic rings. The van der Waals surface area contributed by atoms with E-state index in [1.165, 1.54) is 0 Å². The molecular formula is C15H30N4. The summed E-state index contributed by atoms with van der Waals surface area (Å²) in [6.45, 7) is 12.8. The van der Waals surface area contributed by atoms with E-state index in [-0.39, 0.29) is 5.54 Å². The Morgan fingerprint density at radius 3 is 2.37 bits per heavy atom. The summed E-state index contributed by atoms with van der Waals surface area (Å²) in [5.74, 6) is 0. The van der Waals surface area contributed by atoms with E-state index in [0.29, 0.717) is 12.1 Å². The van der Waals surface area contributed by atoms with E-state index in [0.717, 1.165) is 39.0 Å². The first kappa shape index (κ1) is 16.4. The second-order valence-corrected chi connectivity index (χ2v) is 6.24. The van der Waals surface area contributed by atoms with E-state index < -0.39 is 0 Å². The zero-order chi connectivity index (χ0) is 14.5. The van der Waals surface area contributed by atoms with Gasteiger partial charge in [0.1, 0.15) is 5.54 Å². The Hall–Kier alpha value is -0.630. The normalized spacial score (nSPS) is 28.8. The Kier molecular flexibility index (Phi) is 6.25. The van der Waals surface area contributed by atoms with E-state index in [1.54, 1.807) is 0 Å². The van der Waals surface area contributed by atoms with E-state index in [9.17, 15) is 5.26 Å². The lowest BCUT2D eigenvalue weighted by atomic mass is 9.98. The summed E-state index contributed by atoms with van der Waals surface area (Å²) in [6.07, 6.45) is 1.96. The van der Waals surface area contributed by atoms with Crippen LogP contribution in [0.4, 0.5) is 0 Å². The summed E-state index contributed by atoms with van der Waals surface area (Å²) < 4.78 is 0. The van der Waals surface area contributed by atoms with E-state index in [2.05, 4.69) is 49.0 Å². The van der Waals surface area contributed by atoms with Crippen molar-refractivity contribution in [2.75, 3.05) is 33.2 Å². The predicted molar refractivity (Wildman–Crippen MR) is 80.1 cm³/mol. The van der Waals surface area contributed by atoms with Gasteiger partial charge in [-0.15, -0.1) is 0 Å². The molecule has 1 N–H and O–H groups in total. The third kappa shape index (κ3) is 4.76. The van der Waals surface area contributed by atoms with Crippen LogP contribution < -0.4 is 5.32 Å². The van der Waals surface area contributed by atoms with Gasteiger partial charge in [-0.3, -0.25) is 10.2 Å². The average molecular weight is 266 g/mol. The number of likely N-dealkylation sites (N-methyl/N-ethyl adjacent to an activating group) is 1. The van der Waals surface area contributed by atoms with Crippen molar-refractivity contribution in [3.8, 4) is 6.07 Å². The lowest BCUT2D eigenvalue weighted by Gasteiger charge is -2.43. The van der Waals surface area contributed by atoms with Gasteiger partial charge in [-0.25, -0.2) is 0 Å². The minimum atomic E-state index is -0.383. The molecule has 0 amide bonds. The van der Waals surface area contributed by atoms with Crippen molar-refractivity contribution in [2.45, 2.75) is 58.2 Å². The van der Waals surface area contributed by atoms with Gasteiger partial charge >= 0.3 is 0 Å². The molecule has 1 saturated heterocycles. The molecule has 4 heteroatoms. The summed E-state index contributed by atoms with van der Waals surface area (Å²) in [4.78, 5) is 4.94. The molecule has 0 radical (unpaired) electrons. The van der Waals surface area contributed by atoms with Crippen LogP contribution in [0.5, 0.6) is 0 Å². The molecule has 3 atom stereocenters. The number of nitrogens with one attached hydrogen (secondary N) is 1. The Morgan fingerprint density at radius 2 is 1.89 bits per heavy atom.